The Labute approximate surface area is 105 Å². The van der Waals surface area contributed by atoms with Crippen molar-refractivity contribution in [2.45, 2.75) is 13.8 Å². The number of nitrogens with zero attached hydrogens (tertiary/aromatic N) is 2. The molecule has 0 atom stereocenters. The molecule has 0 aliphatic carbocycles. The fourth-order valence-corrected chi connectivity index (χ4v) is 1.47. The van der Waals surface area contributed by atoms with Gasteiger partial charge in [-0.2, -0.15) is 0 Å². The minimum atomic E-state index is -0.473. The number of nitrogens with two attached hydrogens (primary N) is 1. The number of amides is 1. The van der Waals surface area contributed by atoms with Crippen LogP contribution >= 0.6 is 0 Å². The van der Waals surface area contributed by atoms with Crippen molar-refractivity contribution in [1.82, 2.24) is 9.97 Å². The topological polar surface area (TPSA) is 78.1 Å². The van der Waals surface area contributed by atoms with Crippen LogP contribution < -0.4 is 10.5 Å². The third kappa shape index (κ3) is 2.74. The molecule has 0 bridgehead atoms. The molecule has 0 saturated heterocycles. The lowest BCUT2D eigenvalue weighted by atomic mass is 10.2. The van der Waals surface area contributed by atoms with Crippen LogP contribution in [0.2, 0.25) is 0 Å². The van der Waals surface area contributed by atoms with Crippen LogP contribution in [0.4, 0.5) is 0 Å². The van der Waals surface area contributed by atoms with Gasteiger partial charge in [0.1, 0.15) is 0 Å². The lowest BCUT2D eigenvalue weighted by Crippen LogP contribution is -2.10. The van der Waals surface area contributed by atoms with Gasteiger partial charge in [0.25, 0.3) is 0 Å². The van der Waals surface area contributed by atoms with Gasteiger partial charge in [-0.05, 0) is 24.1 Å². The number of fused-ring (bicyclic) bond motifs is 1. The van der Waals surface area contributed by atoms with Gasteiger partial charge in [-0.15, -0.1) is 0 Å². The summed E-state index contributed by atoms with van der Waals surface area (Å²) in [6, 6.07) is 4.97. The van der Waals surface area contributed by atoms with Gasteiger partial charge in [0, 0.05) is 5.56 Å². The fraction of sp³-hybridized carbons (Fsp3) is 0.308. The van der Waals surface area contributed by atoms with Crippen LogP contribution in [0.3, 0.4) is 0 Å². The van der Waals surface area contributed by atoms with E-state index in [-0.39, 0.29) is 0 Å². The summed E-state index contributed by atoms with van der Waals surface area (Å²) in [4.78, 5) is 19.6. The highest BCUT2D eigenvalue weighted by molar-refractivity contribution is 5.96. The summed E-state index contributed by atoms with van der Waals surface area (Å²) < 4.78 is 5.49. The number of hydrogen-bond donors (Lipinski definition) is 1. The largest absolute Gasteiger partial charge is 0.476 e. The Morgan fingerprint density at radius 1 is 1.39 bits per heavy atom. The van der Waals surface area contributed by atoms with E-state index in [0.29, 0.717) is 35.0 Å². The zero-order valence-electron chi connectivity index (χ0n) is 10.4. The average molecular weight is 245 g/mol. The molecule has 0 radical (unpaired) electrons. The molecular weight excluding hydrogens is 230 g/mol. The summed E-state index contributed by atoms with van der Waals surface area (Å²) in [5.74, 6) is 0.446. The van der Waals surface area contributed by atoms with Crippen molar-refractivity contribution < 1.29 is 9.53 Å². The van der Waals surface area contributed by atoms with Crippen LogP contribution in [0.15, 0.2) is 24.4 Å². The molecule has 0 spiro atoms. The standard InChI is InChI=1S/C13H15N3O2/c1-8(2)7-18-12-6-15-11-5-9(13(14)17)3-4-10(11)16-12/h3-6,8H,7H2,1-2H3,(H2,14,17). The Morgan fingerprint density at radius 3 is 2.83 bits per heavy atom. The van der Waals surface area contributed by atoms with Crippen molar-refractivity contribution in [2.24, 2.45) is 11.7 Å². The second kappa shape index (κ2) is 5.00. The predicted molar refractivity (Wildman–Crippen MR) is 68.4 cm³/mol. The highest BCUT2D eigenvalue weighted by Crippen LogP contribution is 2.15. The van der Waals surface area contributed by atoms with Gasteiger partial charge in [-0.3, -0.25) is 4.79 Å². The maximum atomic E-state index is 11.0. The third-order valence-corrected chi connectivity index (χ3v) is 2.37. The second-order valence-corrected chi connectivity index (χ2v) is 4.48. The Hall–Kier alpha value is -2.17. The summed E-state index contributed by atoms with van der Waals surface area (Å²) in [5, 5.41) is 0. The Morgan fingerprint density at radius 2 is 2.17 bits per heavy atom. The van der Waals surface area contributed by atoms with Gasteiger partial charge >= 0.3 is 0 Å². The maximum Gasteiger partial charge on any atom is 0.248 e. The van der Waals surface area contributed by atoms with E-state index in [0.717, 1.165) is 0 Å². The van der Waals surface area contributed by atoms with Crippen molar-refractivity contribution in [3.05, 3.63) is 30.0 Å². The van der Waals surface area contributed by atoms with Crippen molar-refractivity contribution >= 4 is 16.9 Å². The first-order valence-corrected chi connectivity index (χ1v) is 5.75. The zero-order valence-corrected chi connectivity index (χ0v) is 10.4. The SMILES string of the molecule is CC(C)COc1cnc2cc(C(N)=O)ccc2n1. The minimum absolute atomic E-state index is 0.424. The van der Waals surface area contributed by atoms with E-state index in [1.54, 1.807) is 24.4 Å². The van der Waals surface area contributed by atoms with Crippen LogP contribution in [0.25, 0.3) is 11.0 Å². The lowest BCUT2D eigenvalue weighted by Gasteiger charge is -2.08. The Balaban J connectivity index is 2.29. The van der Waals surface area contributed by atoms with E-state index in [1.165, 1.54) is 0 Å². The number of primary amides is 1. The van der Waals surface area contributed by atoms with E-state index in [4.69, 9.17) is 10.5 Å². The van der Waals surface area contributed by atoms with Crippen molar-refractivity contribution in [3.63, 3.8) is 0 Å². The number of benzene rings is 1. The van der Waals surface area contributed by atoms with E-state index in [2.05, 4.69) is 23.8 Å². The van der Waals surface area contributed by atoms with Gasteiger partial charge in [-0.25, -0.2) is 9.97 Å². The third-order valence-electron chi connectivity index (χ3n) is 2.37. The first kappa shape index (κ1) is 12.3. The lowest BCUT2D eigenvalue weighted by molar-refractivity contribution is 0.100. The molecule has 94 valence electrons. The highest BCUT2D eigenvalue weighted by atomic mass is 16.5. The van der Waals surface area contributed by atoms with E-state index < -0.39 is 5.91 Å². The average Bonchev–Trinajstić information content (AvgIpc) is 2.35. The summed E-state index contributed by atoms with van der Waals surface area (Å²) in [6.45, 7) is 4.72. The first-order valence-electron chi connectivity index (χ1n) is 5.75. The van der Waals surface area contributed by atoms with Gasteiger partial charge < -0.3 is 10.5 Å². The Kier molecular flexibility index (Phi) is 3.41. The van der Waals surface area contributed by atoms with Gasteiger partial charge in [-0.1, -0.05) is 13.8 Å². The fourth-order valence-electron chi connectivity index (χ4n) is 1.47. The molecule has 2 N–H and O–H groups in total. The maximum absolute atomic E-state index is 11.0. The molecule has 1 amide bonds. The summed E-state index contributed by atoms with van der Waals surface area (Å²) in [7, 11) is 0. The normalized spacial score (nSPS) is 10.8. The molecule has 0 unspecified atom stereocenters. The monoisotopic (exact) mass is 245 g/mol. The Bertz CT molecular complexity index is 581. The molecule has 2 rings (SSSR count). The van der Waals surface area contributed by atoms with Gasteiger partial charge in [0.2, 0.25) is 11.8 Å². The molecule has 5 nitrogen and oxygen atoms in total. The highest BCUT2D eigenvalue weighted by Gasteiger charge is 2.05. The molecule has 0 aliphatic rings. The van der Waals surface area contributed by atoms with Gasteiger partial charge in [0.05, 0.1) is 23.8 Å². The van der Waals surface area contributed by atoms with Gasteiger partial charge in [0.15, 0.2) is 0 Å². The van der Waals surface area contributed by atoms with E-state index >= 15 is 0 Å². The molecule has 1 aromatic carbocycles. The van der Waals surface area contributed by atoms with Crippen LogP contribution in [0, 0.1) is 5.92 Å². The van der Waals surface area contributed by atoms with Crippen LogP contribution in [0.1, 0.15) is 24.2 Å². The summed E-state index contributed by atoms with van der Waals surface area (Å²) in [6.07, 6.45) is 1.55. The quantitative estimate of drug-likeness (QED) is 0.890. The van der Waals surface area contributed by atoms with Crippen LogP contribution in [-0.2, 0) is 0 Å². The van der Waals surface area contributed by atoms with Crippen LogP contribution in [-0.4, -0.2) is 22.5 Å². The predicted octanol–water partition coefficient (Wildman–Crippen LogP) is 1.76. The smallest absolute Gasteiger partial charge is 0.248 e. The molecule has 0 saturated carbocycles. The van der Waals surface area contributed by atoms with Crippen LogP contribution in [0.5, 0.6) is 5.88 Å². The van der Waals surface area contributed by atoms with E-state index in [1.807, 2.05) is 0 Å². The number of carbonyl (C=O) groups is 1. The number of carbonyl (C=O) groups excluding carboxylic acids is 1. The summed E-state index contributed by atoms with van der Waals surface area (Å²) >= 11 is 0. The number of hydrogen-bond acceptors (Lipinski definition) is 4. The van der Waals surface area contributed by atoms with Crippen molar-refractivity contribution in [3.8, 4) is 5.88 Å². The molecule has 0 aliphatic heterocycles. The molecule has 1 heterocycles. The number of ether oxygens (including phenoxy) is 1. The number of rotatable bonds is 4. The molecular formula is C13H15N3O2. The first-order chi connectivity index (χ1) is 8.56. The molecule has 1 aromatic heterocycles. The van der Waals surface area contributed by atoms with Crippen molar-refractivity contribution in [2.75, 3.05) is 6.61 Å². The molecule has 0 fully saturated rings. The molecule has 18 heavy (non-hydrogen) atoms. The second-order valence-electron chi connectivity index (χ2n) is 4.48. The molecule has 2 aromatic rings. The number of aromatic nitrogens is 2. The van der Waals surface area contributed by atoms with Crippen molar-refractivity contribution in [1.29, 1.82) is 0 Å². The summed E-state index contributed by atoms with van der Waals surface area (Å²) in [5.41, 5.74) is 6.94. The minimum Gasteiger partial charge on any atom is -0.476 e. The molecule has 5 heteroatoms. The van der Waals surface area contributed by atoms with E-state index in [9.17, 15) is 4.79 Å². The zero-order chi connectivity index (χ0) is 13.1.